The van der Waals surface area contributed by atoms with E-state index in [1.807, 2.05) is 24.3 Å². The predicted octanol–water partition coefficient (Wildman–Crippen LogP) is 2.28. The van der Waals surface area contributed by atoms with E-state index in [0.717, 1.165) is 16.6 Å². The average molecular weight is 308 g/mol. The maximum absolute atomic E-state index is 12.0. The Kier molecular flexibility index (Phi) is 4.05. The molecule has 0 aliphatic heterocycles. The van der Waals surface area contributed by atoms with Crippen molar-refractivity contribution in [3.05, 3.63) is 60.4 Å². The number of fused-ring (bicyclic) bond motifs is 1. The molecule has 3 rings (SSSR count). The molecule has 0 aliphatic carbocycles. The summed E-state index contributed by atoms with van der Waals surface area (Å²) in [5, 5.41) is 13.4. The molecule has 1 aromatic heterocycles. The first kappa shape index (κ1) is 14.8. The van der Waals surface area contributed by atoms with Crippen LogP contribution in [0.3, 0.4) is 0 Å². The van der Waals surface area contributed by atoms with Crippen molar-refractivity contribution in [1.82, 2.24) is 15.0 Å². The zero-order chi connectivity index (χ0) is 16.2. The van der Waals surface area contributed by atoms with E-state index in [-0.39, 0.29) is 18.2 Å². The molecule has 0 aliphatic rings. The van der Waals surface area contributed by atoms with Crippen LogP contribution in [0.25, 0.3) is 11.0 Å². The van der Waals surface area contributed by atoms with Gasteiger partial charge in [-0.05, 0) is 48.9 Å². The lowest BCUT2D eigenvalue weighted by molar-refractivity contribution is -0.121. The number of nitrogens with zero attached hydrogens (tertiary/aromatic N) is 3. The van der Waals surface area contributed by atoms with Crippen LogP contribution in [0.2, 0.25) is 0 Å². The number of aromatic hydroxyl groups is 1. The molecule has 0 bridgehead atoms. The molecule has 116 valence electrons. The Bertz CT molecular complexity index is 866. The first-order chi connectivity index (χ1) is 11.1. The van der Waals surface area contributed by atoms with Crippen molar-refractivity contribution in [2.24, 2.45) is 5.10 Å². The van der Waals surface area contributed by atoms with Crippen molar-refractivity contribution in [3.63, 3.8) is 0 Å². The molecule has 0 unspecified atom stereocenters. The molecular weight excluding hydrogens is 292 g/mol. The van der Waals surface area contributed by atoms with Crippen LogP contribution in [-0.4, -0.2) is 26.3 Å². The van der Waals surface area contributed by atoms with E-state index in [1.54, 1.807) is 42.1 Å². The maximum atomic E-state index is 12.0. The Balaban J connectivity index is 1.67. The molecular formula is C17H16N4O2. The molecule has 0 atom stereocenters. The Morgan fingerprint density at radius 1 is 1.22 bits per heavy atom. The molecule has 6 nitrogen and oxygen atoms in total. The summed E-state index contributed by atoms with van der Waals surface area (Å²) < 4.78 is 1.77. The summed E-state index contributed by atoms with van der Waals surface area (Å²) in [6.07, 6.45) is 1.64. The lowest BCUT2D eigenvalue weighted by atomic mass is 10.1. The van der Waals surface area contributed by atoms with Crippen LogP contribution in [0, 0.1) is 0 Å². The van der Waals surface area contributed by atoms with Crippen LogP contribution in [-0.2, 0) is 11.3 Å². The normalized spacial score (nSPS) is 11.6. The molecule has 2 N–H and O–H groups in total. The molecule has 1 heterocycles. The quantitative estimate of drug-likeness (QED) is 0.573. The molecule has 1 amide bonds. The van der Waals surface area contributed by atoms with E-state index in [4.69, 9.17) is 0 Å². The summed E-state index contributed by atoms with van der Waals surface area (Å²) >= 11 is 0. The minimum Gasteiger partial charge on any atom is -0.508 e. The highest BCUT2D eigenvalue weighted by Gasteiger charge is 2.06. The number of benzene rings is 2. The number of nitrogens with one attached hydrogen (secondary N) is 1. The van der Waals surface area contributed by atoms with E-state index in [0.29, 0.717) is 5.71 Å². The number of aromatic nitrogens is 2. The Labute approximate surface area is 133 Å². The molecule has 0 saturated carbocycles. The molecule has 0 radical (unpaired) electrons. The van der Waals surface area contributed by atoms with Gasteiger partial charge in [0.2, 0.25) is 0 Å². The van der Waals surface area contributed by atoms with E-state index < -0.39 is 0 Å². The number of imidazole rings is 1. The number of phenols is 1. The third-order valence-electron chi connectivity index (χ3n) is 3.47. The van der Waals surface area contributed by atoms with Crippen molar-refractivity contribution in [1.29, 1.82) is 0 Å². The van der Waals surface area contributed by atoms with Crippen molar-refractivity contribution in [2.75, 3.05) is 0 Å². The fraction of sp³-hybridized carbons (Fsp3) is 0.118. The number of amides is 1. The average Bonchev–Trinajstić information content (AvgIpc) is 2.96. The first-order valence-corrected chi connectivity index (χ1v) is 7.16. The smallest absolute Gasteiger partial charge is 0.260 e. The monoisotopic (exact) mass is 308 g/mol. The van der Waals surface area contributed by atoms with Gasteiger partial charge >= 0.3 is 0 Å². The van der Waals surface area contributed by atoms with Gasteiger partial charge in [-0.3, -0.25) is 4.79 Å². The summed E-state index contributed by atoms with van der Waals surface area (Å²) in [6.45, 7) is 1.94. The fourth-order valence-corrected chi connectivity index (χ4v) is 2.24. The number of phenolic OH excluding ortho intramolecular Hbond substituents is 1. The van der Waals surface area contributed by atoms with Gasteiger partial charge in [0.25, 0.3) is 5.91 Å². The SMILES string of the molecule is C/C(=N\NC(=O)Cn1cnc2ccccc21)c1ccc(O)cc1. The number of carbonyl (C=O) groups is 1. The minimum atomic E-state index is -0.230. The van der Waals surface area contributed by atoms with Gasteiger partial charge < -0.3 is 9.67 Å². The van der Waals surface area contributed by atoms with E-state index in [2.05, 4.69) is 15.5 Å². The zero-order valence-electron chi connectivity index (χ0n) is 12.6. The van der Waals surface area contributed by atoms with Gasteiger partial charge in [0.15, 0.2) is 0 Å². The molecule has 0 spiro atoms. The van der Waals surface area contributed by atoms with Crippen molar-refractivity contribution >= 4 is 22.7 Å². The number of carbonyl (C=O) groups excluding carboxylic acids is 1. The van der Waals surface area contributed by atoms with Crippen LogP contribution >= 0.6 is 0 Å². The highest BCUT2D eigenvalue weighted by atomic mass is 16.3. The molecule has 6 heteroatoms. The van der Waals surface area contributed by atoms with Crippen LogP contribution < -0.4 is 5.43 Å². The van der Waals surface area contributed by atoms with Gasteiger partial charge in [0, 0.05) is 0 Å². The molecule has 3 aromatic rings. The van der Waals surface area contributed by atoms with Crippen molar-refractivity contribution < 1.29 is 9.90 Å². The number of para-hydroxylation sites is 2. The van der Waals surface area contributed by atoms with Gasteiger partial charge in [-0.1, -0.05) is 12.1 Å². The third-order valence-corrected chi connectivity index (χ3v) is 3.47. The largest absolute Gasteiger partial charge is 0.508 e. The van der Waals surface area contributed by atoms with Crippen LogP contribution in [0.5, 0.6) is 5.75 Å². The van der Waals surface area contributed by atoms with E-state index in [1.165, 1.54) is 0 Å². The maximum Gasteiger partial charge on any atom is 0.260 e. The highest BCUT2D eigenvalue weighted by Crippen LogP contribution is 2.12. The van der Waals surface area contributed by atoms with Crippen LogP contribution in [0.1, 0.15) is 12.5 Å². The summed E-state index contributed by atoms with van der Waals surface area (Å²) in [7, 11) is 0. The van der Waals surface area contributed by atoms with Gasteiger partial charge in [0.05, 0.1) is 23.1 Å². The Hall–Kier alpha value is -3.15. The predicted molar refractivity (Wildman–Crippen MR) is 88.2 cm³/mol. The van der Waals surface area contributed by atoms with Gasteiger partial charge in [0.1, 0.15) is 12.3 Å². The Morgan fingerprint density at radius 3 is 2.74 bits per heavy atom. The summed E-state index contributed by atoms with van der Waals surface area (Å²) in [6, 6.07) is 14.3. The lowest BCUT2D eigenvalue weighted by Crippen LogP contribution is -2.24. The van der Waals surface area contributed by atoms with E-state index in [9.17, 15) is 9.90 Å². The lowest BCUT2D eigenvalue weighted by Gasteiger charge is -2.05. The number of rotatable bonds is 4. The summed E-state index contributed by atoms with van der Waals surface area (Å²) in [4.78, 5) is 16.3. The summed E-state index contributed by atoms with van der Waals surface area (Å²) in [5.74, 6) is -0.0381. The Morgan fingerprint density at radius 2 is 1.96 bits per heavy atom. The van der Waals surface area contributed by atoms with Crippen LogP contribution in [0.4, 0.5) is 0 Å². The molecule has 0 saturated heterocycles. The second-order valence-electron chi connectivity index (χ2n) is 5.14. The highest BCUT2D eigenvalue weighted by molar-refractivity contribution is 5.99. The van der Waals surface area contributed by atoms with Crippen molar-refractivity contribution in [2.45, 2.75) is 13.5 Å². The summed E-state index contributed by atoms with van der Waals surface area (Å²) in [5.41, 5.74) is 5.78. The second kappa shape index (κ2) is 6.31. The topological polar surface area (TPSA) is 79.5 Å². The second-order valence-corrected chi connectivity index (χ2v) is 5.14. The molecule has 0 fully saturated rings. The molecule has 2 aromatic carbocycles. The first-order valence-electron chi connectivity index (χ1n) is 7.16. The number of hydrazone groups is 1. The van der Waals surface area contributed by atoms with Gasteiger partial charge in [-0.25, -0.2) is 10.4 Å². The molecule has 23 heavy (non-hydrogen) atoms. The number of hydrogen-bond acceptors (Lipinski definition) is 4. The zero-order valence-corrected chi connectivity index (χ0v) is 12.6. The van der Waals surface area contributed by atoms with Crippen molar-refractivity contribution in [3.8, 4) is 5.75 Å². The third kappa shape index (κ3) is 3.37. The van der Waals surface area contributed by atoms with Gasteiger partial charge in [-0.15, -0.1) is 0 Å². The van der Waals surface area contributed by atoms with E-state index >= 15 is 0 Å². The van der Waals surface area contributed by atoms with Gasteiger partial charge in [-0.2, -0.15) is 5.10 Å². The fourth-order valence-electron chi connectivity index (χ4n) is 2.24. The van der Waals surface area contributed by atoms with Crippen LogP contribution in [0.15, 0.2) is 60.0 Å². The minimum absolute atomic E-state index is 0.146. The number of hydrogen-bond donors (Lipinski definition) is 2. The standard InChI is InChI=1S/C17H16N4O2/c1-12(13-6-8-14(22)9-7-13)19-20-17(23)10-21-11-18-15-4-2-3-5-16(15)21/h2-9,11,22H,10H2,1H3,(H,20,23)/b19-12+.